The van der Waals surface area contributed by atoms with Gasteiger partial charge in [-0.2, -0.15) is 0 Å². The lowest BCUT2D eigenvalue weighted by Crippen LogP contribution is -2.09. The molecular weight excluding hydrogens is 192 g/mol. The predicted octanol–water partition coefficient (Wildman–Crippen LogP) is 1.47. The van der Waals surface area contributed by atoms with Crippen molar-refractivity contribution < 1.29 is 9.84 Å². The van der Waals surface area contributed by atoms with Crippen molar-refractivity contribution in [1.82, 2.24) is 9.97 Å². The van der Waals surface area contributed by atoms with E-state index in [0.29, 0.717) is 18.3 Å². The first-order chi connectivity index (χ1) is 7.36. The van der Waals surface area contributed by atoms with Crippen molar-refractivity contribution in [3.63, 3.8) is 0 Å². The molecular formula is C11H16N2O2. The quantitative estimate of drug-likeness (QED) is 0.814. The molecule has 82 valence electrons. The van der Waals surface area contributed by atoms with Gasteiger partial charge in [0.1, 0.15) is 6.10 Å². The number of aromatic nitrogens is 2. The van der Waals surface area contributed by atoms with Gasteiger partial charge in [0, 0.05) is 19.0 Å². The van der Waals surface area contributed by atoms with Crippen molar-refractivity contribution in [3.05, 3.63) is 24.3 Å². The molecule has 4 nitrogen and oxygen atoms in total. The Morgan fingerprint density at radius 3 is 2.93 bits per heavy atom. The van der Waals surface area contributed by atoms with Crippen LogP contribution in [0.1, 0.15) is 37.6 Å². The minimum Gasteiger partial charge on any atom is -0.385 e. The van der Waals surface area contributed by atoms with Crippen LogP contribution in [0.5, 0.6) is 0 Å². The molecule has 1 aliphatic rings. The van der Waals surface area contributed by atoms with E-state index in [1.165, 1.54) is 0 Å². The van der Waals surface area contributed by atoms with E-state index in [4.69, 9.17) is 4.74 Å². The molecule has 4 heteroatoms. The SMILES string of the molecule is OC(CCC1CCCO1)c1ncccn1. The molecule has 0 aromatic carbocycles. The van der Waals surface area contributed by atoms with E-state index in [1.54, 1.807) is 18.5 Å². The lowest BCUT2D eigenvalue weighted by molar-refractivity contribution is 0.0790. The summed E-state index contributed by atoms with van der Waals surface area (Å²) in [6.07, 6.45) is 6.88. The molecule has 15 heavy (non-hydrogen) atoms. The Balaban J connectivity index is 1.79. The maximum Gasteiger partial charge on any atom is 0.156 e. The third-order valence-electron chi connectivity index (χ3n) is 2.67. The molecule has 0 spiro atoms. The van der Waals surface area contributed by atoms with Crippen LogP contribution < -0.4 is 0 Å². The van der Waals surface area contributed by atoms with Crippen molar-refractivity contribution in [2.24, 2.45) is 0 Å². The molecule has 1 aromatic heterocycles. The van der Waals surface area contributed by atoms with Gasteiger partial charge in [0.15, 0.2) is 5.82 Å². The van der Waals surface area contributed by atoms with Crippen molar-refractivity contribution in [1.29, 1.82) is 0 Å². The highest BCUT2D eigenvalue weighted by atomic mass is 16.5. The number of hydrogen-bond acceptors (Lipinski definition) is 4. The molecule has 2 unspecified atom stereocenters. The minimum atomic E-state index is -0.560. The summed E-state index contributed by atoms with van der Waals surface area (Å²) in [5, 5.41) is 9.80. The third-order valence-corrected chi connectivity index (χ3v) is 2.67. The van der Waals surface area contributed by atoms with E-state index < -0.39 is 6.10 Å². The summed E-state index contributed by atoms with van der Waals surface area (Å²) in [7, 11) is 0. The number of hydrogen-bond donors (Lipinski definition) is 1. The Morgan fingerprint density at radius 2 is 2.27 bits per heavy atom. The number of rotatable bonds is 4. The van der Waals surface area contributed by atoms with Crippen LogP contribution in [0.4, 0.5) is 0 Å². The molecule has 0 radical (unpaired) electrons. The van der Waals surface area contributed by atoms with Gasteiger partial charge >= 0.3 is 0 Å². The molecule has 1 N–H and O–H groups in total. The van der Waals surface area contributed by atoms with E-state index >= 15 is 0 Å². The first kappa shape index (κ1) is 10.5. The molecule has 2 rings (SSSR count). The highest BCUT2D eigenvalue weighted by Gasteiger charge is 2.18. The Morgan fingerprint density at radius 1 is 1.47 bits per heavy atom. The monoisotopic (exact) mass is 208 g/mol. The third kappa shape index (κ3) is 2.97. The predicted molar refractivity (Wildman–Crippen MR) is 55.2 cm³/mol. The Kier molecular flexibility index (Phi) is 3.64. The summed E-state index contributed by atoms with van der Waals surface area (Å²) in [5.74, 6) is 0.510. The first-order valence-electron chi connectivity index (χ1n) is 5.43. The van der Waals surface area contributed by atoms with Crippen molar-refractivity contribution in [2.75, 3.05) is 6.61 Å². The average molecular weight is 208 g/mol. The van der Waals surface area contributed by atoms with Crippen LogP contribution in [0.2, 0.25) is 0 Å². The fourth-order valence-corrected chi connectivity index (χ4v) is 1.83. The largest absolute Gasteiger partial charge is 0.385 e. The van der Waals surface area contributed by atoms with E-state index in [-0.39, 0.29) is 0 Å². The zero-order valence-corrected chi connectivity index (χ0v) is 8.67. The molecule has 2 atom stereocenters. The molecule has 1 saturated heterocycles. The highest BCUT2D eigenvalue weighted by Crippen LogP contribution is 2.21. The van der Waals surface area contributed by atoms with Gasteiger partial charge < -0.3 is 9.84 Å². The Bertz CT molecular complexity index is 286. The molecule has 2 heterocycles. The molecule has 0 amide bonds. The summed E-state index contributed by atoms with van der Waals surface area (Å²) in [5.41, 5.74) is 0. The van der Waals surface area contributed by atoms with Crippen molar-refractivity contribution >= 4 is 0 Å². The zero-order valence-electron chi connectivity index (χ0n) is 8.67. The van der Waals surface area contributed by atoms with Gasteiger partial charge in [-0.15, -0.1) is 0 Å². The van der Waals surface area contributed by atoms with Gasteiger partial charge in [-0.05, 0) is 31.7 Å². The molecule has 1 aromatic rings. The summed E-state index contributed by atoms with van der Waals surface area (Å²) >= 11 is 0. The van der Waals surface area contributed by atoms with Crippen molar-refractivity contribution in [3.8, 4) is 0 Å². The standard InChI is InChI=1S/C11H16N2O2/c14-10(11-12-6-2-7-13-11)5-4-9-3-1-8-15-9/h2,6-7,9-10,14H,1,3-5,8H2. The van der Waals surface area contributed by atoms with E-state index in [1.807, 2.05) is 0 Å². The van der Waals surface area contributed by atoms with Crippen LogP contribution in [-0.4, -0.2) is 27.8 Å². The number of aliphatic hydroxyl groups is 1. The summed E-state index contributed by atoms with van der Waals surface area (Å²) in [4.78, 5) is 8.04. The maximum atomic E-state index is 9.80. The van der Waals surface area contributed by atoms with Gasteiger partial charge in [0.25, 0.3) is 0 Å². The van der Waals surface area contributed by atoms with Gasteiger partial charge in [-0.1, -0.05) is 0 Å². The summed E-state index contributed by atoms with van der Waals surface area (Å²) in [6.45, 7) is 0.864. The second kappa shape index (κ2) is 5.19. The van der Waals surface area contributed by atoms with Crippen LogP contribution >= 0.6 is 0 Å². The van der Waals surface area contributed by atoms with Crippen LogP contribution in [0.25, 0.3) is 0 Å². The van der Waals surface area contributed by atoms with E-state index in [2.05, 4.69) is 9.97 Å². The Hall–Kier alpha value is -1.00. The fraction of sp³-hybridized carbons (Fsp3) is 0.636. The molecule has 0 aliphatic carbocycles. The van der Waals surface area contributed by atoms with Gasteiger partial charge in [0.05, 0.1) is 6.10 Å². The topological polar surface area (TPSA) is 55.2 Å². The molecule has 1 aliphatic heterocycles. The summed E-state index contributed by atoms with van der Waals surface area (Å²) < 4.78 is 5.49. The highest BCUT2D eigenvalue weighted by molar-refractivity contribution is 4.92. The number of ether oxygens (including phenoxy) is 1. The molecule has 1 fully saturated rings. The van der Waals surface area contributed by atoms with Crippen LogP contribution in [0.3, 0.4) is 0 Å². The van der Waals surface area contributed by atoms with Gasteiger partial charge in [-0.25, -0.2) is 9.97 Å². The molecule has 0 saturated carbocycles. The normalized spacial score (nSPS) is 22.9. The fourth-order valence-electron chi connectivity index (χ4n) is 1.83. The van der Waals surface area contributed by atoms with Gasteiger partial charge in [-0.3, -0.25) is 0 Å². The minimum absolute atomic E-state index is 0.323. The van der Waals surface area contributed by atoms with Crippen LogP contribution in [-0.2, 0) is 4.74 Å². The van der Waals surface area contributed by atoms with E-state index in [9.17, 15) is 5.11 Å². The second-order valence-electron chi connectivity index (χ2n) is 3.84. The zero-order chi connectivity index (χ0) is 10.5. The smallest absolute Gasteiger partial charge is 0.156 e. The lowest BCUT2D eigenvalue weighted by atomic mass is 10.1. The second-order valence-corrected chi connectivity index (χ2v) is 3.84. The maximum absolute atomic E-state index is 9.80. The molecule has 0 bridgehead atoms. The lowest BCUT2D eigenvalue weighted by Gasteiger charge is -2.12. The van der Waals surface area contributed by atoms with Gasteiger partial charge in [0.2, 0.25) is 0 Å². The average Bonchev–Trinajstić information content (AvgIpc) is 2.80. The first-order valence-corrected chi connectivity index (χ1v) is 5.43. The summed E-state index contributed by atoms with van der Waals surface area (Å²) in [6, 6.07) is 1.75. The van der Waals surface area contributed by atoms with Crippen LogP contribution in [0.15, 0.2) is 18.5 Å². The van der Waals surface area contributed by atoms with E-state index in [0.717, 1.165) is 25.9 Å². The van der Waals surface area contributed by atoms with Crippen LogP contribution in [0, 0.1) is 0 Å². The Labute approximate surface area is 89.3 Å². The number of aliphatic hydroxyl groups excluding tert-OH is 1. The number of nitrogens with zero attached hydrogens (tertiary/aromatic N) is 2. The van der Waals surface area contributed by atoms with Crippen molar-refractivity contribution in [2.45, 2.75) is 37.9 Å².